The predicted molar refractivity (Wildman–Crippen MR) is 73.0 cm³/mol. The number of hydrogen-bond donors (Lipinski definition) is 1. The zero-order chi connectivity index (χ0) is 13.3. The van der Waals surface area contributed by atoms with E-state index < -0.39 is 0 Å². The molecular weight excluding hydrogens is 246 g/mol. The van der Waals surface area contributed by atoms with Crippen LogP contribution in [0.15, 0.2) is 0 Å². The molecule has 2 heterocycles. The van der Waals surface area contributed by atoms with Crippen LogP contribution in [-0.2, 0) is 4.79 Å². The van der Waals surface area contributed by atoms with Gasteiger partial charge in [0, 0.05) is 4.75 Å². The van der Waals surface area contributed by atoms with Crippen molar-refractivity contribution in [3.63, 3.8) is 0 Å². The van der Waals surface area contributed by atoms with Gasteiger partial charge in [-0.05, 0) is 26.8 Å². The Hall–Kier alpha value is -0.730. The maximum absolute atomic E-state index is 12.1. The van der Waals surface area contributed by atoms with E-state index in [0.29, 0.717) is 0 Å². The fourth-order valence-electron chi connectivity index (χ4n) is 2.63. The number of carbonyl (C=O) groups excluding carboxylic acids is 1. The summed E-state index contributed by atoms with van der Waals surface area (Å²) in [5.74, 6) is 0.0983. The molecule has 1 amide bonds. The third-order valence-corrected chi connectivity index (χ3v) is 5.28. The molecule has 2 aliphatic rings. The number of hydrogen-bond acceptors (Lipinski definition) is 4. The van der Waals surface area contributed by atoms with E-state index in [-0.39, 0.29) is 28.1 Å². The topological polar surface area (TPSA) is 56.1 Å². The summed E-state index contributed by atoms with van der Waals surface area (Å²) in [4.78, 5) is 13.8. The highest BCUT2D eigenvalue weighted by Crippen LogP contribution is 2.50. The van der Waals surface area contributed by atoms with Crippen LogP contribution in [0.5, 0.6) is 0 Å². The summed E-state index contributed by atoms with van der Waals surface area (Å²) in [5, 5.41) is 12.7. The molecule has 3 atom stereocenters. The van der Waals surface area contributed by atoms with Crippen molar-refractivity contribution in [3.05, 3.63) is 0 Å². The van der Waals surface area contributed by atoms with Crippen molar-refractivity contribution in [2.24, 2.45) is 0 Å². The highest BCUT2D eigenvalue weighted by Gasteiger charge is 2.61. The Labute approximate surface area is 113 Å². The largest absolute Gasteiger partial charge is 0.310 e. The molecule has 2 fully saturated rings. The van der Waals surface area contributed by atoms with E-state index in [9.17, 15) is 10.1 Å². The van der Waals surface area contributed by atoms with Crippen LogP contribution in [0.4, 0.5) is 0 Å². The van der Waals surface area contributed by atoms with Crippen LogP contribution < -0.4 is 5.32 Å². The molecule has 2 rings (SSSR count). The van der Waals surface area contributed by atoms with Crippen LogP contribution in [0, 0.1) is 11.3 Å². The van der Waals surface area contributed by atoms with Gasteiger partial charge in [-0.15, -0.1) is 11.8 Å². The summed E-state index contributed by atoms with van der Waals surface area (Å²) in [5.41, 5.74) is 0. The predicted octanol–water partition coefficient (Wildman–Crippen LogP) is 1.72. The normalized spacial score (nSPS) is 32.9. The van der Waals surface area contributed by atoms with Gasteiger partial charge < -0.3 is 10.2 Å². The van der Waals surface area contributed by atoms with Crippen LogP contribution in [-0.4, -0.2) is 39.6 Å². The van der Waals surface area contributed by atoms with E-state index in [1.165, 1.54) is 12.8 Å². The van der Waals surface area contributed by atoms with E-state index >= 15 is 0 Å². The highest BCUT2D eigenvalue weighted by atomic mass is 32.2. The number of rotatable bonds is 5. The smallest absolute Gasteiger partial charge is 0.244 e. The number of nitrogens with one attached hydrogen (secondary N) is 1. The zero-order valence-electron chi connectivity index (χ0n) is 11.3. The lowest BCUT2D eigenvalue weighted by Gasteiger charge is -2.43. The zero-order valence-corrected chi connectivity index (χ0v) is 12.1. The summed E-state index contributed by atoms with van der Waals surface area (Å²) in [7, 11) is 0. The molecule has 0 bridgehead atoms. The molecule has 100 valence electrons. The molecule has 0 aromatic carbocycles. The lowest BCUT2D eigenvalue weighted by atomic mass is 9.97. The SMILES string of the molecule is CCCCCNC1C(=O)N2C(C#N)C(C)(C)S[C@H]12. The average molecular weight is 267 g/mol. The third kappa shape index (κ3) is 2.12. The molecule has 0 aromatic rings. The maximum Gasteiger partial charge on any atom is 0.244 e. The Morgan fingerprint density at radius 3 is 2.83 bits per heavy atom. The fraction of sp³-hybridized carbons (Fsp3) is 0.846. The fourth-order valence-corrected chi connectivity index (χ4v) is 4.24. The molecule has 1 N–H and O–H groups in total. The molecule has 0 saturated carbocycles. The molecule has 18 heavy (non-hydrogen) atoms. The minimum Gasteiger partial charge on any atom is -0.310 e. The molecule has 5 heteroatoms. The second-order valence-electron chi connectivity index (χ2n) is 5.53. The van der Waals surface area contributed by atoms with Crippen molar-refractivity contribution in [1.82, 2.24) is 10.2 Å². The second kappa shape index (κ2) is 5.10. The summed E-state index contributed by atoms with van der Waals surface area (Å²) in [6, 6.07) is 1.91. The van der Waals surface area contributed by atoms with Crippen molar-refractivity contribution in [3.8, 4) is 6.07 Å². The molecule has 0 aliphatic carbocycles. The standard InChI is InChI=1S/C13H21N3OS/c1-4-5-6-7-15-10-11(17)16-9(8-14)13(2,3)18-12(10)16/h9-10,12,15H,4-7H2,1-3H3/t9?,10?,12-/m1/s1. The molecule has 0 spiro atoms. The minimum atomic E-state index is -0.284. The summed E-state index contributed by atoms with van der Waals surface area (Å²) in [6.45, 7) is 7.16. The van der Waals surface area contributed by atoms with Crippen LogP contribution in [0.2, 0.25) is 0 Å². The molecule has 0 aromatic heterocycles. The monoisotopic (exact) mass is 267 g/mol. The first-order chi connectivity index (χ1) is 8.53. The molecule has 4 nitrogen and oxygen atoms in total. The van der Waals surface area contributed by atoms with Crippen molar-refractivity contribution >= 4 is 17.7 Å². The van der Waals surface area contributed by atoms with Crippen molar-refractivity contribution < 1.29 is 4.79 Å². The number of thioether (sulfide) groups is 1. The Morgan fingerprint density at radius 2 is 2.22 bits per heavy atom. The van der Waals surface area contributed by atoms with Gasteiger partial charge in [-0.3, -0.25) is 4.79 Å². The minimum absolute atomic E-state index is 0.0792. The number of β-lactam (4-membered cyclic amide) rings is 1. The van der Waals surface area contributed by atoms with E-state index in [1.807, 2.05) is 13.8 Å². The molecule has 0 radical (unpaired) electrons. The van der Waals surface area contributed by atoms with Crippen LogP contribution >= 0.6 is 11.8 Å². The van der Waals surface area contributed by atoms with Gasteiger partial charge in [-0.25, -0.2) is 0 Å². The lowest BCUT2D eigenvalue weighted by Crippen LogP contribution is -2.68. The molecular formula is C13H21N3OS. The van der Waals surface area contributed by atoms with Gasteiger partial charge in [-0.1, -0.05) is 19.8 Å². The number of fused-ring (bicyclic) bond motifs is 1. The van der Waals surface area contributed by atoms with Gasteiger partial charge in [0.25, 0.3) is 0 Å². The summed E-state index contributed by atoms with van der Waals surface area (Å²) in [6.07, 6.45) is 3.50. The average Bonchev–Trinajstić information content (AvgIpc) is 2.57. The first-order valence-corrected chi connectivity index (χ1v) is 7.54. The highest BCUT2D eigenvalue weighted by molar-refractivity contribution is 8.01. The number of nitrogens with zero attached hydrogens (tertiary/aromatic N) is 2. The number of nitriles is 1. The van der Waals surface area contributed by atoms with Gasteiger partial charge >= 0.3 is 0 Å². The molecule has 2 aliphatic heterocycles. The number of carbonyl (C=O) groups is 1. The molecule has 2 unspecified atom stereocenters. The number of amides is 1. The van der Waals surface area contributed by atoms with E-state index in [2.05, 4.69) is 18.3 Å². The molecule has 2 saturated heterocycles. The van der Waals surface area contributed by atoms with Gasteiger partial charge in [0.05, 0.1) is 6.07 Å². The Kier molecular flexibility index (Phi) is 3.88. The van der Waals surface area contributed by atoms with E-state index in [0.717, 1.165) is 13.0 Å². The quantitative estimate of drug-likeness (QED) is 0.609. The van der Waals surface area contributed by atoms with Gasteiger partial charge in [-0.2, -0.15) is 5.26 Å². The van der Waals surface area contributed by atoms with Crippen LogP contribution in [0.1, 0.15) is 40.0 Å². The van der Waals surface area contributed by atoms with Crippen molar-refractivity contribution in [2.75, 3.05) is 6.54 Å². The first-order valence-electron chi connectivity index (χ1n) is 6.66. The Balaban J connectivity index is 1.92. The summed E-state index contributed by atoms with van der Waals surface area (Å²) < 4.78 is -0.158. The van der Waals surface area contributed by atoms with Gasteiger partial charge in [0.1, 0.15) is 17.5 Å². The lowest BCUT2D eigenvalue weighted by molar-refractivity contribution is -0.147. The summed E-state index contributed by atoms with van der Waals surface area (Å²) >= 11 is 1.75. The van der Waals surface area contributed by atoms with E-state index in [4.69, 9.17) is 0 Å². The van der Waals surface area contributed by atoms with Crippen molar-refractivity contribution in [1.29, 1.82) is 5.26 Å². The maximum atomic E-state index is 12.1. The van der Waals surface area contributed by atoms with Crippen LogP contribution in [0.25, 0.3) is 0 Å². The first kappa shape index (κ1) is 13.7. The Bertz CT molecular complexity index is 377. The second-order valence-corrected chi connectivity index (χ2v) is 7.30. The van der Waals surface area contributed by atoms with Gasteiger partial charge in [0.15, 0.2) is 0 Å². The van der Waals surface area contributed by atoms with Crippen LogP contribution in [0.3, 0.4) is 0 Å². The Morgan fingerprint density at radius 1 is 1.50 bits per heavy atom. The third-order valence-electron chi connectivity index (χ3n) is 3.71. The van der Waals surface area contributed by atoms with E-state index in [1.54, 1.807) is 16.7 Å². The number of unbranched alkanes of at least 4 members (excludes halogenated alkanes) is 2. The van der Waals surface area contributed by atoms with Gasteiger partial charge in [0.2, 0.25) is 5.91 Å². The van der Waals surface area contributed by atoms with Crippen molar-refractivity contribution in [2.45, 2.75) is 62.2 Å².